The SMILES string of the molecule is CCOC[PH](=O)C(CCCCC=C(C)CCC=C(C)C)P(=O)(O)O. The van der Waals surface area contributed by atoms with Crippen LogP contribution in [-0.4, -0.2) is 28.1 Å². The Hall–Kier alpha value is -0.180. The van der Waals surface area contributed by atoms with E-state index in [0.717, 1.165) is 25.7 Å². The van der Waals surface area contributed by atoms with Crippen molar-refractivity contribution >= 4 is 15.4 Å². The van der Waals surface area contributed by atoms with Crippen molar-refractivity contribution in [3.05, 3.63) is 23.3 Å². The molecule has 0 aliphatic heterocycles. The first kappa shape index (κ1) is 23.8. The fraction of sp³-hybridized carbons (Fsp3) is 0.765. The van der Waals surface area contributed by atoms with Crippen LogP contribution in [0.15, 0.2) is 23.3 Å². The molecule has 0 radical (unpaired) electrons. The number of rotatable bonds is 13. The van der Waals surface area contributed by atoms with E-state index in [1.165, 1.54) is 11.1 Å². The first-order valence-corrected chi connectivity index (χ1v) is 12.0. The van der Waals surface area contributed by atoms with Crippen LogP contribution in [-0.2, 0) is 13.9 Å². The van der Waals surface area contributed by atoms with Crippen LogP contribution in [0.1, 0.15) is 66.2 Å². The standard InChI is InChI=1S/C17H34O5P2/c1-5-22-14-23(18)17(24(19,20)21)13-8-6-7-11-16(4)12-9-10-15(2)3/h10-11,17,23H,5-9,12-14H2,1-4H3,(H2,19,20,21). The molecule has 0 rings (SSSR count). The van der Waals surface area contributed by atoms with E-state index in [0.29, 0.717) is 19.4 Å². The second-order valence-electron chi connectivity index (χ2n) is 6.36. The molecule has 0 aliphatic rings. The molecule has 0 aromatic carbocycles. The summed E-state index contributed by atoms with van der Waals surface area (Å²) in [6.07, 6.45) is 9.15. The van der Waals surface area contributed by atoms with Crippen molar-refractivity contribution in [1.82, 2.24) is 0 Å². The lowest BCUT2D eigenvalue weighted by atomic mass is 10.1. The number of unbranched alkanes of at least 4 members (excludes halogenated alkanes) is 2. The van der Waals surface area contributed by atoms with E-state index < -0.39 is 20.8 Å². The van der Waals surface area contributed by atoms with Gasteiger partial charge in [-0.1, -0.05) is 29.7 Å². The maximum Gasteiger partial charge on any atom is 0.335 e. The highest BCUT2D eigenvalue weighted by molar-refractivity contribution is 7.67. The van der Waals surface area contributed by atoms with Gasteiger partial charge in [-0.2, -0.15) is 0 Å². The third-order valence-electron chi connectivity index (χ3n) is 3.74. The largest absolute Gasteiger partial charge is 0.374 e. The first-order valence-electron chi connectivity index (χ1n) is 8.63. The van der Waals surface area contributed by atoms with E-state index in [9.17, 15) is 18.9 Å². The van der Waals surface area contributed by atoms with Crippen molar-refractivity contribution in [3.8, 4) is 0 Å². The minimum atomic E-state index is -4.33. The molecule has 5 nitrogen and oxygen atoms in total. The lowest BCUT2D eigenvalue weighted by molar-refractivity contribution is 0.193. The van der Waals surface area contributed by atoms with Gasteiger partial charge in [-0.15, -0.1) is 0 Å². The molecule has 0 aliphatic carbocycles. The molecule has 0 aromatic rings. The van der Waals surface area contributed by atoms with Gasteiger partial charge in [0.05, 0.1) is 6.35 Å². The molecule has 142 valence electrons. The Morgan fingerprint density at radius 2 is 1.83 bits per heavy atom. The third-order valence-corrected chi connectivity index (χ3v) is 8.21. The smallest absolute Gasteiger partial charge is 0.335 e. The zero-order chi connectivity index (χ0) is 18.6. The zero-order valence-corrected chi connectivity index (χ0v) is 17.3. The summed E-state index contributed by atoms with van der Waals surface area (Å²) in [5.41, 5.74) is 2.66. The van der Waals surface area contributed by atoms with Crippen LogP contribution >= 0.6 is 15.4 Å². The van der Waals surface area contributed by atoms with Gasteiger partial charge in [0.25, 0.3) is 0 Å². The monoisotopic (exact) mass is 380 g/mol. The van der Waals surface area contributed by atoms with Gasteiger partial charge in [0.2, 0.25) is 0 Å². The summed E-state index contributed by atoms with van der Waals surface area (Å²) in [4.78, 5) is 18.8. The Labute approximate surface area is 147 Å². The average Bonchev–Trinajstić information content (AvgIpc) is 2.46. The molecule has 2 unspecified atom stereocenters. The third kappa shape index (κ3) is 12.2. The predicted octanol–water partition coefficient (Wildman–Crippen LogP) is 5.30. The zero-order valence-electron chi connectivity index (χ0n) is 15.5. The lowest BCUT2D eigenvalue weighted by Gasteiger charge is -2.18. The van der Waals surface area contributed by atoms with Crippen LogP contribution in [0.3, 0.4) is 0 Å². The molecule has 7 heteroatoms. The minimum Gasteiger partial charge on any atom is -0.374 e. The molecule has 0 fully saturated rings. The van der Waals surface area contributed by atoms with Crippen molar-refractivity contribution in [3.63, 3.8) is 0 Å². The van der Waals surface area contributed by atoms with Crippen LogP contribution in [0.2, 0.25) is 0 Å². The maximum atomic E-state index is 12.0. The molecular formula is C17H34O5P2. The van der Waals surface area contributed by atoms with Crippen LogP contribution in [0, 0.1) is 0 Å². The van der Waals surface area contributed by atoms with Crippen LogP contribution < -0.4 is 0 Å². The molecule has 2 atom stereocenters. The summed E-state index contributed by atoms with van der Waals surface area (Å²) in [6.45, 7) is 8.47. The van der Waals surface area contributed by atoms with Crippen molar-refractivity contribution < 1.29 is 23.7 Å². The van der Waals surface area contributed by atoms with Crippen LogP contribution in [0.4, 0.5) is 0 Å². The molecule has 24 heavy (non-hydrogen) atoms. The Morgan fingerprint density at radius 1 is 1.17 bits per heavy atom. The highest BCUT2D eigenvalue weighted by Gasteiger charge is 2.33. The fourth-order valence-electron chi connectivity index (χ4n) is 2.34. The van der Waals surface area contributed by atoms with E-state index in [-0.39, 0.29) is 6.35 Å². The predicted molar refractivity (Wildman–Crippen MR) is 102 cm³/mol. The molecular weight excluding hydrogens is 346 g/mol. The van der Waals surface area contributed by atoms with Gasteiger partial charge in [-0.05, 0) is 59.8 Å². The minimum absolute atomic E-state index is 0.0414. The second kappa shape index (κ2) is 13.1. The summed E-state index contributed by atoms with van der Waals surface area (Å²) in [7, 11) is -6.76. The van der Waals surface area contributed by atoms with Gasteiger partial charge in [0.15, 0.2) is 0 Å². The summed E-state index contributed by atoms with van der Waals surface area (Å²) >= 11 is 0. The van der Waals surface area contributed by atoms with Crippen molar-refractivity contribution in [1.29, 1.82) is 0 Å². The Kier molecular flexibility index (Phi) is 13.0. The quantitative estimate of drug-likeness (QED) is 0.257. The van der Waals surface area contributed by atoms with Gasteiger partial charge >= 0.3 is 7.60 Å². The number of hydrogen-bond donors (Lipinski definition) is 2. The summed E-state index contributed by atoms with van der Waals surface area (Å²) in [6, 6.07) is 0. The van der Waals surface area contributed by atoms with Crippen molar-refractivity contribution in [2.24, 2.45) is 0 Å². The molecule has 0 spiro atoms. The number of allylic oxidation sites excluding steroid dienone is 4. The van der Waals surface area contributed by atoms with Crippen molar-refractivity contribution in [2.75, 3.05) is 13.0 Å². The summed E-state index contributed by atoms with van der Waals surface area (Å²) in [5.74, 6) is 0. The highest BCUT2D eigenvalue weighted by Crippen LogP contribution is 2.55. The fourth-order valence-corrected chi connectivity index (χ4v) is 5.70. The van der Waals surface area contributed by atoms with Gasteiger partial charge < -0.3 is 19.1 Å². The molecule has 0 amide bonds. The molecule has 0 heterocycles. The van der Waals surface area contributed by atoms with Crippen LogP contribution in [0.25, 0.3) is 0 Å². The number of ether oxygens (including phenoxy) is 1. The molecule has 0 aromatic heterocycles. The topological polar surface area (TPSA) is 83.8 Å². The van der Waals surface area contributed by atoms with E-state index in [4.69, 9.17) is 4.74 Å². The molecule has 0 saturated carbocycles. The normalized spacial score (nSPS) is 15.2. The van der Waals surface area contributed by atoms with Gasteiger partial charge in [0.1, 0.15) is 13.2 Å². The van der Waals surface area contributed by atoms with E-state index in [1.54, 1.807) is 6.92 Å². The van der Waals surface area contributed by atoms with Crippen molar-refractivity contribution in [2.45, 2.75) is 71.6 Å². The van der Waals surface area contributed by atoms with E-state index in [1.807, 2.05) is 0 Å². The highest BCUT2D eigenvalue weighted by atomic mass is 31.2. The van der Waals surface area contributed by atoms with Crippen LogP contribution in [0.5, 0.6) is 0 Å². The van der Waals surface area contributed by atoms with Gasteiger partial charge in [-0.25, -0.2) is 0 Å². The molecule has 2 N–H and O–H groups in total. The summed E-state index contributed by atoms with van der Waals surface area (Å²) < 4.78 is 28.6. The Morgan fingerprint density at radius 3 is 2.38 bits per heavy atom. The lowest BCUT2D eigenvalue weighted by Crippen LogP contribution is -2.06. The number of hydrogen-bond acceptors (Lipinski definition) is 3. The Balaban J connectivity index is 4.22. The average molecular weight is 380 g/mol. The second-order valence-corrected chi connectivity index (χ2v) is 10.6. The molecule has 0 bridgehead atoms. The van der Waals surface area contributed by atoms with E-state index >= 15 is 0 Å². The molecule has 0 saturated heterocycles. The maximum absolute atomic E-state index is 12.0. The first-order chi connectivity index (χ1) is 11.2. The van der Waals surface area contributed by atoms with Gasteiger partial charge in [-0.3, -0.25) is 4.57 Å². The summed E-state index contributed by atoms with van der Waals surface area (Å²) in [5, 5.41) is -1.04. The van der Waals surface area contributed by atoms with E-state index in [2.05, 4.69) is 32.9 Å². The van der Waals surface area contributed by atoms with Gasteiger partial charge in [0, 0.05) is 6.61 Å². The Bertz CT molecular complexity index is 475.